The van der Waals surface area contributed by atoms with Gasteiger partial charge < -0.3 is 9.67 Å². The second-order valence-electron chi connectivity index (χ2n) is 4.39. The third-order valence-electron chi connectivity index (χ3n) is 3.07. The van der Waals surface area contributed by atoms with Crippen LogP contribution in [-0.2, 0) is 0 Å². The molecule has 1 N–H and O–H groups in total. The van der Waals surface area contributed by atoms with E-state index in [0.29, 0.717) is 5.02 Å². The molecule has 1 aromatic heterocycles. The van der Waals surface area contributed by atoms with Gasteiger partial charge in [0.05, 0.1) is 5.02 Å². The number of halogens is 2. The lowest BCUT2D eigenvalue weighted by Crippen LogP contribution is -2.05. The molecule has 0 bridgehead atoms. The second kappa shape index (κ2) is 4.96. The van der Waals surface area contributed by atoms with Gasteiger partial charge in [-0.1, -0.05) is 39.7 Å². The fourth-order valence-electron chi connectivity index (χ4n) is 2.16. The molecule has 20 heavy (non-hydrogen) atoms. The first-order valence-corrected chi connectivity index (χ1v) is 7.02. The van der Waals surface area contributed by atoms with Crippen LogP contribution in [0.3, 0.4) is 0 Å². The van der Waals surface area contributed by atoms with Gasteiger partial charge in [0.2, 0.25) is 0 Å². The topological polar surface area (TPSA) is 42.2 Å². The summed E-state index contributed by atoms with van der Waals surface area (Å²) in [7, 11) is 0. The Morgan fingerprint density at radius 2 is 1.80 bits per heavy atom. The van der Waals surface area contributed by atoms with Crippen molar-refractivity contribution in [2.75, 3.05) is 0 Å². The maximum Gasteiger partial charge on any atom is 0.352 e. The first-order valence-electron chi connectivity index (χ1n) is 5.85. The van der Waals surface area contributed by atoms with Crippen molar-refractivity contribution in [1.29, 1.82) is 0 Å². The van der Waals surface area contributed by atoms with Gasteiger partial charge in [-0.3, -0.25) is 0 Å². The van der Waals surface area contributed by atoms with E-state index in [1.54, 1.807) is 10.8 Å². The minimum atomic E-state index is -1.01. The van der Waals surface area contributed by atoms with E-state index in [2.05, 4.69) is 15.9 Å². The molecule has 0 saturated heterocycles. The molecule has 3 rings (SSSR count). The van der Waals surface area contributed by atoms with Gasteiger partial charge >= 0.3 is 5.97 Å². The Hall–Kier alpha value is -1.78. The summed E-state index contributed by atoms with van der Waals surface area (Å²) in [6.45, 7) is 0. The van der Waals surface area contributed by atoms with Crippen LogP contribution in [0.1, 0.15) is 10.5 Å². The average molecular weight is 351 g/mol. The number of carbonyl (C=O) groups is 1. The first-order chi connectivity index (χ1) is 9.54. The molecule has 5 heteroatoms. The van der Waals surface area contributed by atoms with Crippen molar-refractivity contribution < 1.29 is 9.90 Å². The van der Waals surface area contributed by atoms with Crippen molar-refractivity contribution in [2.45, 2.75) is 0 Å². The van der Waals surface area contributed by atoms with Crippen LogP contribution in [0.5, 0.6) is 0 Å². The van der Waals surface area contributed by atoms with E-state index in [1.807, 2.05) is 36.4 Å². The fourth-order valence-corrected chi connectivity index (χ4v) is 2.74. The zero-order valence-electron chi connectivity index (χ0n) is 10.2. The Kier molecular flexibility index (Phi) is 3.28. The molecule has 0 amide bonds. The monoisotopic (exact) mass is 349 g/mol. The minimum absolute atomic E-state index is 0.145. The van der Waals surface area contributed by atoms with Crippen molar-refractivity contribution in [1.82, 2.24) is 4.57 Å². The summed E-state index contributed by atoms with van der Waals surface area (Å²) in [4.78, 5) is 11.2. The standard InChI is InChI=1S/C15H9BrClNO2/c16-11-3-1-10-6-13(4-2-9(10)5-11)18-8-12(17)7-14(18)15(19)20/h1-8H,(H,19,20). The number of fused-ring (bicyclic) bond motifs is 1. The number of rotatable bonds is 2. The molecule has 3 nitrogen and oxygen atoms in total. The lowest BCUT2D eigenvalue weighted by Gasteiger charge is -2.08. The van der Waals surface area contributed by atoms with Crippen LogP contribution >= 0.6 is 27.5 Å². The summed E-state index contributed by atoms with van der Waals surface area (Å²) in [6, 6.07) is 13.1. The van der Waals surface area contributed by atoms with Gasteiger partial charge in [-0.2, -0.15) is 0 Å². The highest BCUT2D eigenvalue weighted by atomic mass is 79.9. The molecule has 0 atom stereocenters. The van der Waals surface area contributed by atoms with Gasteiger partial charge in [0.1, 0.15) is 5.69 Å². The van der Waals surface area contributed by atoms with Crippen LogP contribution in [0.4, 0.5) is 0 Å². The number of aromatic nitrogens is 1. The van der Waals surface area contributed by atoms with Crippen molar-refractivity contribution in [3.63, 3.8) is 0 Å². The number of benzene rings is 2. The number of aromatic carboxylic acids is 1. The van der Waals surface area contributed by atoms with Gasteiger partial charge in [0, 0.05) is 16.4 Å². The normalized spacial score (nSPS) is 10.9. The Morgan fingerprint density at radius 3 is 2.55 bits per heavy atom. The van der Waals surface area contributed by atoms with E-state index in [0.717, 1.165) is 20.9 Å². The predicted molar refractivity (Wildman–Crippen MR) is 82.9 cm³/mol. The van der Waals surface area contributed by atoms with Crippen LogP contribution in [-0.4, -0.2) is 15.6 Å². The minimum Gasteiger partial charge on any atom is -0.477 e. The molecule has 100 valence electrons. The Bertz CT molecular complexity index is 826. The van der Waals surface area contributed by atoms with Crippen molar-refractivity contribution in [2.24, 2.45) is 0 Å². The van der Waals surface area contributed by atoms with Crippen LogP contribution < -0.4 is 0 Å². The van der Waals surface area contributed by atoms with Gasteiger partial charge in [-0.15, -0.1) is 0 Å². The lowest BCUT2D eigenvalue weighted by atomic mass is 10.1. The van der Waals surface area contributed by atoms with Crippen molar-refractivity contribution in [3.05, 3.63) is 63.9 Å². The second-order valence-corrected chi connectivity index (χ2v) is 5.75. The van der Waals surface area contributed by atoms with Gasteiger partial charge in [-0.25, -0.2) is 4.79 Å². The molecule has 0 spiro atoms. The van der Waals surface area contributed by atoms with Crippen LogP contribution in [0.2, 0.25) is 5.02 Å². The summed E-state index contributed by atoms with van der Waals surface area (Å²) in [5.41, 5.74) is 0.913. The number of carboxylic acid groups (broad SMARTS) is 1. The molecule has 2 aromatic carbocycles. The van der Waals surface area contributed by atoms with Gasteiger partial charge in [0.25, 0.3) is 0 Å². The number of carboxylic acids is 1. The molecule has 3 aromatic rings. The van der Waals surface area contributed by atoms with E-state index in [-0.39, 0.29) is 5.69 Å². The summed E-state index contributed by atoms with van der Waals surface area (Å²) in [6.07, 6.45) is 1.60. The molecule has 0 radical (unpaired) electrons. The van der Waals surface area contributed by atoms with Crippen LogP contribution in [0.15, 0.2) is 53.1 Å². The lowest BCUT2D eigenvalue weighted by molar-refractivity contribution is 0.0688. The predicted octanol–water partition coefficient (Wildman–Crippen LogP) is 4.74. The highest BCUT2D eigenvalue weighted by Crippen LogP contribution is 2.25. The fraction of sp³-hybridized carbons (Fsp3) is 0. The summed E-state index contributed by atoms with van der Waals surface area (Å²) in [5, 5.41) is 11.7. The number of hydrogen-bond donors (Lipinski definition) is 1. The highest BCUT2D eigenvalue weighted by molar-refractivity contribution is 9.10. The SMILES string of the molecule is O=C(O)c1cc(Cl)cn1-c1ccc2cc(Br)ccc2c1. The highest BCUT2D eigenvalue weighted by Gasteiger charge is 2.13. The van der Waals surface area contributed by atoms with E-state index >= 15 is 0 Å². The molecular formula is C15H9BrClNO2. The maximum absolute atomic E-state index is 11.2. The Morgan fingerprint density at radius 1 is 1.10 bits per heavy atom. The third kappa shape index (κ3) is 2.32. The quantitative estimate of drug-likeness (QED) is 0.725. The zero-order valence-corrected chi connectivity index (χ0v) is 12.5. The molecule has 0 aliphatic rings. The molecule has 0 unspecified atom stereocenters. The van der Waals surface area contributed by atoms with E-state index in [1.165, 1.54) is 6.07 Å². The van der Waals surface area contributed by atoms with Crippen LogP contribution in [0, 0.1) is 0 Å². The smallest absolute Gasteiger partial charge is 0.352 e. The van der Waals surface area contributed by atoms with Crippen molar-refractivity contribution in [3.8, 4) is 5.69 Å². The summed E-state index contributed by atoms with van der Waals surface area (Å²) < 4.78 is 2.58. The first kappa shape index (κ1) is 13.2. The van der Waals surface area contributed by atoms with E-state index < -0.39 is 5.97 Å². The third-order valence-corrected chi connectivity index (χ3v) is 3.77. The van der Waals surface area contributed by atoms with Crippen molar-refractivity contribution >= 4 is 44.3 Å². The van der Waals surface area contributed by atoms with E-state index in [9.17, 15) is 9.90 Å². The van der Waals surface area contributed by atoms with Gasteiger partial charge in [0.15, 0.2) is 0 Å². The van der Waals surface area contributed by atoms with Crippen LogP contribution in [0.25, 0.3) is 16.5 Å². The number of nitrogens with zero attached hydrogens (tertiary/aromatic N) is 1. The molecular weight excluding hydrogens is 342 g/mol. The maximum atomic E-state index is 11.2. The number of hydrogen-bond acceptors (Lipinski definition) is 1. The molecule has 0 aliphatic carbocycles. The zero-order chi connectivity index (χ0) is 14.3. The molecule has 1 heterocycles. The molecule has 0 aliphatic heterocycles. The van der Waals surface area contributed by atoms with Gasteiger partial charge in [-0.05, 0) is 41.1 Å². The summed E-state index contributed by atoms with van der Waals surface area (Å²) >= 11 is 9.34. The Labute approximate surface area is 128 Å². The summed E-state index contributed by atoms with van der Waals surface area (Å²) in [5.74, 6) is -1.01. The largest absolute Gasteiger partial charge is 0.477 e. The Balaban J connectivity index is 2.20. The molecule has 0 saturated carbocycles. The van der Waals surface area contributed by atoms with E-state index in [4.69, 9.17) is 11.6 Å². The molecule has 0 fully saturated rings. The average Bonchev–Trinajstić information content (AvgIpc) is 2.80.